The minimum atomic E-state index is -1.23. The lowest BCUT2D eigenvalue weighted by Gasteiger charge is -2.30. The lowest BCUT2D eigenvalue weighted by Crippen LogP contribution is -2.55. The number of carbonyl (C=O) groups is 2. The fraction of sp³-hybridized carbons (Fsp3) is 0.500. The summed E-state index contributed by atoms with van der Waals surface area (Å²) in [4.78, 5) is 25.3. The van der Waals surface area contributed by atoms with E-state index in [-0.39, 0.29) is 6.03 Å². The number of nitrogens with zero attached hydrogens (tertiary/aromatic N) is 1. The summed E-state index contributed by atoms with van der Waals surface area (Å²) >= 11 is 0. The molecule has 0 aliphatic carbocycles. The Morgan fingerprint density at radius 2 is 1.86 bits per heavy atom. The maximum absolute atomic E-state index is 12.3. The summed E-state index contributed by atoms with van der Waals surface area (Å²) < 4.78 is 0. The van der Waals surface area contributed by atoms with Gasteiger partial charge in [0.1, 0.15) is 5.54 Å². The number of rotatable bonds is 7. The smallest absolute Gasteiger partial charge is 0.329 e. The van der Waals surface area contributed by atoms with E-state index in [0.29, 0.717) is 25.9 Å². The molecular weight excluding hydrogens is 268 g/mol. The average Bonchev–Trinajstić information content (AvgIpc) is 2.45. The van der Waals surface area contributed by atoms with Crippen LogP contribution in [0.2, 0.25) is 0 Å². The van der Waals surface area contributed by atoms with E-state index in [9.17, 15) is 14.7 Å². The highest BCUT2D eigenvalue weighted by Gasteiger charge is 2.34. The maximum Gasteiger partial charge on any atom is 0.329 e. The highest BCUT2D eigenvalue weighted by molar-refractivity contribution is 5.85. The van der Waals surface area contributed by atoms with Crippen LogP contribution in [0.5, 0.6) is 0 Å². The molecule has 0 saturated carbocycles. The van der Waals surface area contributed by atoms with E-state index in [1.807, 2.05) is 44.2 Å². The van der Waals surface area contributed by atoms with Crippen molar-refractivity contribution in [1.82, 2.24) is 10.2 Å². The molecule has 2 amide bonds. The number of carboxylic acid groups (broad SMARTS) is 1. The third kappa shape index (κ3) is 4.77. The Bertz CT molecular complexity index is 476. The molecule has 1 aromatic rings. The van der Waals surface area contributed by atoms with E-state index in [0.717, 1.165) is 5.56 Å². The Morgan fingerprint density at radius 1 is 1.24 bits per heavy atom. The molecule has 1 rings (SSSR count). The maximum atomic E-state index is 12.3. The van der Waals surface area contributed by atoms with Crippen molar-refractivity contribution in [3.63, 3.8) is 0 Å². The fourth-order valence-corrected chi connectivity index (χ4v) is 2.17. The van der Waals surface area contributed by atoms with Crippen molar-refractivity contribution in [1.29, 1.82) is 0 Å². The number of hydrogen-bond acceptors (Lipinski definition) is 2. The van der Waals surface area contributed by atoms with Crippen molar-refractivity contribution in [2.75, 3.05) is 6.54 Å². The van der Waals surface area contributed by atoms with E-state index < -0.39 is 11.5 Å². The van der Waals surface area contributed by atoms with Crippen LogP contribution in [0.4, 0.5) is 4.79 Å². The molecule has 1 unspecified atom stereocenters. The first kappa shape index (κ1) is 17.0. The van der Waals surface area contributed by atoms with Crippen LogP contribution >= 0.6 is 0 Å². The minimum absolute atomic E-state index is 0.347. The Balaban J connectivity index is 2.76. The summed E-state index contributed by atoms with van der Waals surface area (Å²) in [7, 11) is 0. The standard InChI is InChI=1S/C16H24N2O3/c1-4-11-16(3,14(19)20)17-15(21)18(5-2)12-13-9-7-6-8-10-13/h6-10H,4-5,11-12H2,1-3H3,(H,17,21)(H,19,20). The number of benzene rings is 1. The summed E-state index contributed by atoms with van der Waals surface area (Å²) in [6.45, 7) is 6.30. The number of carboxylic acids is 1. The zero-order valence-electron chi connectivity index (χ0n) is 12.9. The third-order valence-corrected chi connectivity index (χ3v) is 3.49. The van der Waals surface area contributed by atoms with Gasteiger partial charge in [-0.1, -0.05) is 43.7 Å². The summed E-state index contributed by atoms with van der Waals surface area (Å²) in [6, 6.07) is 9.29. The molecule has 1 aromatic carbocycles. The van der Waals surface area contributed by atoms with E-state index in [4.69, 9.17) is 0 Å². The predicted molar refractivity (Wildman–Crippen MR) is 82.0 cm³/mol. The summed E-state index contributed by atoms with van der Waals surface area (Å²) in [5.41, 5.74) is -0.210. The topological polar surface area (TPSA) is 69.6 Å². The van der Waals surface area contributed by atoms with Gasteiger partial charge in [-0.2, -0.15) is 0 Å². The molecule has 5 heteroatoms. The van der Waals surface area contributed by atoms with Gasteiger partial charge in [0.15, 0.2) is 0 Å². The van der Waals surface area contributed by atoms with Crippen molar-refractivity contribution in [2.24, 2.45) is 0 Å². The van der Waals surface area contributed by atoms with Crippen LogP contribution in [0.1, 0.15) is 39.2 Å². The quantitative estimate of drug-likeness (QED) is 0.812. The second-order valence-electron chi connectivity index (χ2n) is 5.32. The van der Waals surface area contributed by atoms with E-state index >= 15 is 0 Å². The van der Waals surface area contributed by atoms with E-state index in [1.54, 1.807) is 11.8 Å². The lowest BCUT2D eigenvalue weighted by atomic mass is 9.96. The summed E-state index contributed by atoms with van der Waals surface area (Å²) in [5.74, 6) is -1.01. The molecule has 0 fully saturated rings. The number of amides is 2. The summed E-state index contributed by atoms with van der Waals surface area (Å²) in [6.07, 6.45) is 1.09. The first-order valence-corrected chi connectivity index (χ1v) is 7.27. The second-order valence-corrected chi connectivity index (χ2v) is 5.32. The van der Waals surface area contributed by atoms with Crippen LogP contribution in [0, 0.1) is 0 Å². The van der Waals surface area contributed by atoms with Gasteiger partial charge >= 0.3 is 12.0 Å². The number of carbonyl (C=O) groups excluding carboxylic acids is 1. The third-order valence-electron chi connectivity index (χ3n) is 3.49. The molecule has 0 aliphatic heterocycles. The highest BCUT2D eigenvalue weighted by Crippen LogP contribution is 2.14. The van der Waals surface area contributed by atoms with Crippen LogP contribution in [-0.4, -0.2) is 34.1 Å². The van der Waals surface area contributed by atoms with Crippen LogP contribution in [-0.2, 0) is 11.3 Å². The Labute approximate surface area is 126 Å². The Morgan fingerprint density at radius 3 is 2.33 bits per heavy atom. The average molecular weight is 292 g/mol. The van der Waals surface area contributed by atoms with Gasteiger partial charge in [-0.15, -0.1) is 0 Å². The van der Waals surface area contributed by atoms with Gasteiger partial charge in [-0.05, 0) is 25.8 Å². The molecule has 0 aromatic heterocycles. The molecular formula is C16H24N2O3. The normalized spacial score (nSPS) is 13.3. The van der Waals surface area contributed by atoms with Crippen molar-refractivity contribution in [3.8, 4) is 0 Å². The van der Waals surface area contributed by atoms with Gasteiger partial charge in [-0.3, -0.25) is 0 Å². The monoisotopic (exact) mass is 292 g/mol. The van der Waals surface area contributed by atoms with Crippen LogP contribution in [0.3, 0.4) is 0 Å². The lowest BCUT2D eigenvalue weighted by molar-refractivity contribution is -0.144. The van der Waals surface area contributed by atoms with Crippen LogP contribution in [0.15, 0.2) is 30.3 Å². The summed E-state index contributed by atoms with van der Waals surface area (Å²) in [5, 5.41) is 12.0. The molecule has 2 N–H and O–H groups in total. The van der Waals surface area contributed by atoms with E-state index in [2.05, 4.69) is 5.32 Å². The number of nitrogens with one attached hydrogen (secondary N) is 1. The molecule has 0 radical (unpaired) electrons. The second kappa shape index (κ2) is 7.67. The molecule has 0 bridgehead atoms. The molecule has 5 nitrogen and oxygen atoms in total. The molecule has 0 spiro atoms. The van der Waals surface area contributed by atoms with Crippen molar-refractivity contribution in [2.45, 2.75) is 45.7 Å². The molecule has 21 heavy (non-hydrogen) atoms. The van der Waals surface area contributed by atoms with Crippen molar-refractivity contribution >= 4 is 12.0 Å². The van der Waals surface area contributed by atoms with Gasteiger partial charge in [0, 0.05) is 13.1 Å². The minimum Gasteiger partial charge on any atom is -0.480 e. The van der Waals surface area contributed by atoms with Crippen LogP contribution in [0.25, 0.3) is 0 Å². The van der Waals surface area contributed by atoms with Gasteiger partial charge in [-0.25, -0.2) is 9.59 Å². The molecule has 0 heterocycles. The molecule has 116 valence electrons. The van der Waals surface area contributed by atoms with Gasteiger partial charge in [0.2, 0.25) is 0 Å². The first-order valence-electron chi connectivity index (χ1n) is 7.27. The van der Waals surface area contributed by atoms with Crippen LogP contribution < -0.4 is 5.32 Å². The first-order chi connectivity index (χ1) is 9.92. The van der Waals surface area contributed by atoms with E-state index in [1.165, 1.54) is 0 Å². The molecule has 0 saturated heterocycles. The van der Waals surface area contributed by atoms with Gasteiger partial charge in [0.25, 0.3) is 0 Å². The molecule has 1 atom stereocenters. The zero-order valence-corrected chi connectivity index (χ0v) is 12.9. The highest BCUT2D eigenvalue weighted by atomic mass is 16.4. The number of urea groups is 1. The number of aliphatic carboxylic acids is 1. The fourth-order valence-electron chi connectivity index (χ4n) is 2.17. The largest absolute Gasteiger partial charge is 0.480 e. The van der Waals surface area contributed by atoms with Gasteiger partial charge < -0.3 is 15.3 Å². The SMILES string of the molecule is CCCC(C)(NC(=O)N(CC)Cc1ccccc1)C(=O)O. The Hall–Kier alpha value is -2.04. The van der Waals surface area contributed by atoms with Crippen molar-refractivity contribution in [3.05, 3.63) is 35.9 Å². The number of hydrogen-bond donors (Lipinski definition) is 2. The predicted octanol–water partition coefficient (Wildman–Crippen LogP) is 2.86. The molecule has 0 aliphatic rings. The van der Waals surface area contributed by atoms with Crippen molar-refractivity contribution < 1.29 is 14.7 Å². The zero-order chi connectivity index (χ0) is 15.9. The van der Waals surface area contributed by atoms with Gasteiger partial charge in [0.05, 0.1) is 0 Å². The Kier molecular flexibility index (Phi) is 6.21.